The number of hydrogen-bond acceptors (Lipinski definition) is 1. The molecule has 0 saturated carbocycles. The summed E-state index contributed by atoms with van der Waals surface area (Å²) in [5.74, 6) is 0. The molecule has 1 radical (unpaired) electrons. The summed E-state index contributed by atoms with van der Waals surface area (Å²) in [7, 11) is 0. The first-order valence-electron chi connectivity index (χ1n) is 2.75. The molecule has 2 rings (SSSR count). The average molecular weight is 117 g/mol. The van der Waals surface area contributed by atoms with E-state index in [4.69, 9.17) is 0 Å². The molecule has 0 aliphatic carbocycles. The summed E-state index contributed by atoms with van der Waals surface area (Å²) in [5, 5.41) is 0. The summed E-state index contributed by atoms with van der Waals surface area (Å²) >= 11 is 0. The van der Waals surface area contributed by atoms with Crippen molar-refractivity contribution in [1.82, 2.24) is 9.38 Å². The van der Waals surface area contributed by atoms with Gasteiger partial charge in [0.1, 0.15) is 0 Å². The Bertz CT molecular complexity index is 281. The van der Waals surface area contributed by atoms with E-state index in [1.807, 2.05) is 22.7 Å². The first-order chi connectivity index (χ1) is 4.47. The quantitative estimate of drug-likeness (QED) is 0.505. The van der Waals surface area contributed by atoms with E-state index in [0.29, 0.717) is 0 Å². The fourth-order valence-corrected chi connectivity index (χ4v) is 0.817. The molecule has 0 unspecified atom stereocenters. The van der Waals surface area contributed by atoms with Crippen molar-refractivity contribution in [1.29, 1.82) is 0 Å². The minimum atomic E-state index is 1.06. The van der Waals surface area contributed by atoms with Crippen molar-refractivity contribution in [2.45, 2.75) is 0 Å². The van der Waals surface area contributed by atoms with Crippen LogP contribution in [0.2, 0.25) is 0 Å². The Kier molecular flexibility index (Phi) is 0.803. The molecule has 0 saturated heterocycles. The second-order valence-corrected chi connectivity index (χ2v) is 1.83. The van der Waals surface area contributed by atoms with Crippen LogP contribution < -0.4 is 0 Å². The van der Waals surface area contributed by atoms with E-state index < -0.39 is 0 Å². The molecule has 0 amide bonds. The third-order valence-corrected chi connectivity index (χ3v) is 1.25. The molecule has 43 valence electrons. The third kappa shape index (κ3) is 0.598. The lowest BCUT2D eigenvalue weighted by atomic mass is 10.5. The lowest BCUT2D eigenvalue weighted by Crippen LogP contribution is -1.80. The highest BCUT2D eigenvalue weighted by Crippen LogP contribution is 1.98. The third-order valence-electron chi connectivity index (χ3n) is 1.25. The van der Waals surface area contributed by atoms with Crippen LogP contribution in [0.1, 0.15) is 0 Å². The maximum atomic E-state index is 3.93. The van der Waals surface area contributed by atoms with Crippen molar-refractivity contribution in [3.63, 3.8) is 0 Å². The second kappa shape index (κ2) is 1.58. The number of nitrogens with zero attached hydrogens (tertiary/aromatic N) is 2. The monoisotopic (exact) mass is 117 g/mol. The summed E-state index contributed by atoms with van der Waals surface area (Å²) < 4.78 is 1.92. The molecule has 2 aromatic heterocycles. The van der Waals surface area contributed by atoms with Crippen LogP contribution in [0, 0.1) is 6.07 Å². The van der Waals surface area contributed by atoms with Crippen LogP contribution in [-0.2, 0) is 0 Å². The summed E-state index contributed by atoms with van der Waals surface area (Å²) in [6.07, 6.45) is 5.43. The first-order valence-corrected chi connectivity index (χ1v) is 2.75. The van der Waals surface area contributed by atoms with E-state index in [0.717, 1.165) is 5.52 Å². The molecule has 2 aromatic rings. The molecule has 0 spiro atoms. The van der Waals surface area contributed by atoms with Crippen LogP contribution in [0.3, 0.4) is 0 Å². The minimum Gasteiger partial charge on any atom is -0.307 e. The van der Waals surface area contributed by atoms with Gasteiger partial charge in [-0.05, 0) is 12.1 Å². The van der Waals surface area contributed by atoms with E-state index in [1.165, 1.54) is 0 Å². The van der Waals surface area contributed by atoms with Gasteiger partial charge >= 0.3 is 0 Å². The van der Waals surface area contributed by atoms with E-state index in [9.17, 15) is 0 Å². The van der Waals surface area contributed by atoms with E-state index >= 15 is 0 Å². The van der Waals surface area contributed by atoms with Gasteiger partial charge in [0.05, 0.1) is 11.8 Å². The zero-order chi connectivity index (χ0) is 6.10. The predicted molar refractivity (Wildman–Crippen MR) is 34.0 cm³/mol. The van der Waals surface area contributed by atoms with Crippen molar-refractivity contribution in [3.8, 4) is 0 Å². The molecular formula is C7H5N2. The SMILES string of the molecule is [c]1ccn2cnccc12. The fourth-order valence-electron chi connectivity index (χ4n) is 0.817. The Morgan fingerprint density at radius 1 is 1.56 bits per heavy atom. The lowest BCUT2D eigenvalue weighted by Gasteiger charge is -1.87. The maximum absolute atomic E-state index is 3.93. The van der Waals surface area contributed by atoms with Gasteiger partial charge in [-0.3, -0.25) is 0 Å². The smallest absolute Gasteiger partial charge is 0.0990 e. The molecule has 2 nitrogen and oxygen atoms in total. The van der Waals surface area contributed by atoms with Gasteiger partial charge < -0.3 is 4.40 Å². The van der Waals surface area contributed by atoms with Crippen molar-refractivity contribution in [2.24, 2.45) is 0 Å². The van der Waals surface area contributed by atoms with Crippen LogP contribution in [-0.4, -0.2) is 9.38 Å². The molecule has 0 aliphatic rings. The van der Waals surface area contributed by atoms with Gasteiger partial charge in [0.25, 0.3) is 0 Å². The standard InChI is InChI=1S/C7H5N2/c1-2-7-3-4-8-6-9(7)5-1/h1,3-6H. The van der Waals surface area contributed by atoms with Crippen LogP contribution in [0.4, 0.5) is 0 Å². The number of aromatic nitrogens is 2. The van der Waals surface area contributed by atoms with Gasteiger partial charge in [-0.1, -0.05) is 0 Å². The number of fused-ring (bicyclic) bond motifs is 1. The Labute approximate surface area is 52.8 Å². The van der Waals surface area contributed by atoms with Crippen molar-refractivity contribution in [2.75, 3.05) is 0 Å². The van der Waals surface area contributed by atoms with Crippen molar-refractivity contribution >= 4 is 5.52 Å². The Morgan fingerprint density at radius 3 is 3.44 bits per heavy atom. The maximum Gasteiger partial charge on any atom is 0.0990 e. The zero-order valence-corrected chi connectivity index (χ0v) is 4.78. The van der Waals surface area contributed by atoms with Crippen LogP contribution in [0.5, 0.6) is 0 Å². The zero-order valence-electron chi connectivity index (χ0n) is 4.78. The van der Waals surface area contributed by atoms with Gasteiger partial charge in [-0.25, -0.2) is 4.98 Å². The molecule has 2 heterocycles. The van der Waals surface area contributed by atoms with Gasteiger partial charge in [-0.15, -0.1) is 0 Å². The molecule has 0 bridgehead atoms. The fraction of sp³-hybridized carbons (Fsp3) is 0. The van der Waals surface area contributed by atoms with Gasteiger partial charge in [-0.2, -0.15) is 0 Å². The van der Waals surface area contributed by atoms with E-state index in [-0.39, 0.29) is 0 Å². The van der Waals surface area contributed by atoms with Crippen molar-refractivity contribution in [3.05, 3.63) is 36.9 Å². The van der Waals surface area contributed by atoms with Crippen LogP contribution in [0.15, 0.2) is 30.9 Å². The number of hydrogen-bond donors (Lipinski definition) is 0. The highest BCUT2D eigenvalue weighted by atomic mass is 14.9. The highest BCUT2D eigenvalue weighted by molar-refractivity contribution is 5.43. The Balaban J connectivity index is 2.95. The summed E-state index contributed by atoms with van der Waals surface area (Å²) in [5.41, 5.74) is 1.06. The van der Waals surface area contributed by atoms with Crippen LogP contribution in [0.25, 0.3) is 5.52 Å². The lowest BCUT2D eigenvalue weighted by molar-refractivity contribution is 1.09. The van der Waals surface area contributed by atoms with Gasteiger partial charge in [0, 0.05) is 18.5 Å². The molecule has 0 fully saturated rings. The minimum absolute atomic E-state index is 1.06. The molecular weight excluding hydrogens is 112 g/mol. The normalized spacial score (nSPS) is 10.2. The Hall–Kier alpha value is -1.31. The molecule has 0 atom stereocenters. The average Bonchev–Trinajstić information content (AvgIpc) is 2.33. The molecule has 9 heavy (non-hydrogen) atoms. The van der Waals surface area contributed by atoms with Gasteiger partial charge in [0.2, 0.25) is 0 Å². The predicted octanol–water partition coefficient (Wildman–Crippen LogP) is 1.13. The molecule has 0 aliphatic heterocycles. The van der Waals surface area contributed by atoms with E-state index in [2.05, 4.69) is 11.1 Å². The molecule has 0 N–H and O–H groups in total. The Morgan fingerprint density at radius 2 is 2.56 bits per heavy atom. The highest BCUT2D eigenvalue weighted by Gasteiger charge is 1.85. The molecule has 2 heteroatoms. The molecule has 0 aromatic carbocycles. The summed E-state index contributed by atoms with van der Waals surface area (Å²) in [6, 6.07) is 6.83. The summed E-state index contributed by atoms with van der Waals surface area (Å²) in [4.78, 5) is 3.93. The second-order valence-electron chi connectivity index (χ2n) is 1.83. The topological polar surface area (TPSA) is 17.3 Å². The summed E-state index contributed by atoms with van der Waals surface area (Å²) in [6.45, 7) is 0. The van der Waals surface area contributed by atoms with E-state index in [1.54, 1.807) is 12.5 Å². The first kappa shape index (κ1) is 4.56. The van der Waals surface area contributed by atoms with Gasteiger partial charge in [0.15, 0.2) is 0 Å². The van der Waals surface area contributed by atoms with Crippen LogP contribution >= 0.6 is 0 Å². The number of rotatable bonds is 0. The van der Waals surface area contributed by atoms with Crippen molar-refractivity contribution < 1.29 is 0 Å². The largest absolute Gasteiger partial charge is 0.307 e.